The Hall–Kier alpha value is -2.74. The van der Waals surface area contributed by atoms with E-state index in [1.54, 1.807) is 7.11 Å². The zero-order valence-corrected chi connectivity index (χ0v) is 18.9. The van der Waals surface area contributed by atoms with E-state index in [4.69, 9.17) is 9.47 Å². The summed E-state index contributed by atoms with van der Waals surface area (Å²) in [4.78, 5) is 14.6. The summed E-state index contributed by atoms with van der Waals surface area (Å²) in [6, 6.07) is 10.1. The van der Waals surface area contributed by atoms with E-state index >= 15 is 0 Å². The minimum Gasteiger partial charge on any atom is -0.493 e. The third-order valence-corrected chi connectivity index (χ3v) is 5.67. The highest BCUT2D eigenvalue weighted by molar-refractivity contribution is 5.94. The number of hydrogen-bond acceptors (Lipinski definition) is 4. The SMILES string of the molecule is COc1ccc(CN2CCCCCC2)cc1OCCCNC(=O)c1ccc(C(F)(F)F)cc1. The van der Waals surface area contributed by atoms with Gasteiger partial charge in [-0.3, -0.25) is 9.69 Å². The van der Waals surface area contributed by atoms with Crippen molar-refractivity contribution in [2.24, 2.45) is 0 Å². The van der Waals surface area contributed by atoms with Gasteiger partial charge in [0.15, 0.2) is 11.5 Å². The fourth-order valence-corrected chi connectivity index (χ4v) is 3.85. The average Bonchev–Trinajstić information content (AvgIpc) is 3.07. The summed E-state index contributed by atoms with van der Waals surface area (Å²) in [5.41, 5.74) is 0.578. The van der Waals surface area contributed by atoms with E-state index < -0.39 is 17.6 Å². The van der Waals surface area contributed by atoms with Gasteiger partial charge in [-0.1, -0.05) is 18.9 Å². The molecule has 2 aromatic carbocycles. The van der Waals surface area contributed by atoms with Crippen LogP contribution >= 0.6 is 0 Å². The van der Waals surface area contributed by atoms with Crippen molar-refractivity contribution in [1.29, 1.82) is 0 Å². The second-order valence-electron chi connectivity index (χ2n) is 8.21. The largest absolute Gasteiger partial charge is 0.493 e. The fraction of sp³-hybridized carbons (Fsp3) is 0.480. The number of amides is 1. The normalized spacial score (nSPS) is 15.0. The van der Waals surface area contributed by atoms with Crippen LogP contribution in [0.15, 0.2) is 42.5 Å². The van der Waals surface area contributed by atoms with Gasteiger partial charge in [-0.05, 0) is 74.3 Å². The zero-order valence-electron chi connectivity index (χ0n) is 18.9. The lowest BCUT2D eigenvalue weighted by molar-refractivity contribution is -0.137. The monoisotopic (exact) mass is 464 g/mol. The van der Waals surface area contributed by atoms with Gasteiger partial charge in [0, 0.05) is 18.7 Å². The van der Waals surface area contributed by atoms with Crippen molar-refractivity contribution in [3.05, 3.63) is 59.2 Å². The van der Waals surface area contributed by atoms with E-state index in [1.165, 1.54) is 43.4 Å². The summed E-state index contributed by atoms with van der Waals surface area (Å²) in [7, 11) is 1.60. The van der Waals surface area contributed by atoms with E-state index in [-0.39, 0.29) is 5.56 Å². The van der Waals surface area contributed by atoms with Crippen molar-refractivity contribution in [2.45, 2.75) is 44.8 Å². The lowest BCUT2D eigenvalue weighted by atomic mass is 10.1. The summed E-state index contributed by atoms with van der Waals surface area (Å²) in [5, 5.41) is 2.71. The number of rotatable bonds is 9. The van der Waals surface area contributed by atoms with Gasteiger partial charge in [-0.15, -0.1) is 0 Å². The van der Waals surface area contributed by atoms with Crippen LogP contribution in [-0.2, 0) is 12.7 Å². The quantitative estimate of drug-likeness (QED) is 0.513. The molecule has 0 spiro atoms. The average molecular weight is 465 g/mol. The predicted octanol–water partition coefficient (Wildman–Crippen LogP) is 5.29. The summed E-state index contributed by atoms with van der Waals surface area (Å²) in [5.74, 6) is 0.906. The molecule has 1 amide bonds. The van der Waals surface area contributed by atoms with E-state index in [1.807, 2.05) is 12.1 Å². The van der Waals surface area contributed by atoms with Gasteiger partial charge in [0.2, 0.25) is 0 Å². The third-order valence-electron chi connectivity index (χ3n) is 5.67. The van der Waals surface area contributed by atoms with Gasteiger partial charge >= 0.3 is 6.18 Å². The molecule has 1 heterocycles. The minimum absolute atomic E-state index is 0.187. The number of methoxy groups -OCH3 is 1. The number of halogens is 3. The Balaban J connectivity index is 1.46. The number of carbonyl (C=O) groups excluding carboxylic acids is 1. The van der Waals surface area contributed by atoms with Crippen molar-refractivity contribution >= 4 is 5.91 Å². The molecule has 33 heavy (non-hydrogen) atoms. The molecule has 0 unspecified atom stereocenters. The molecule has 2 aromatic rings. The van der Waals surface area contributed by atoms with Crippen LogP contribution < -0.4 is 14.8 Å². The Bertz CT molecular complexity index is 893. The van der Waals surface area contributed by atoms with Gasteiger partial charge in [0.1, 0.15) is 0 Å². The first-order chi connectivity index (χ1) is 15.9. The maximum Gasteiger partial charge on any atom is 0.416 e. The van der Waals surface area contributed by atoms with Crippen LogP contribution in [0.1, 0.15) is 53.6 Å². The topological polar surface area (TPSA) is 50.8 Å². The first kappa shape index (κ1) is 24.9. The summed E-state index contributed by atoms with van der Waals surface area (Å²) in [6.07, 6.45) is 1.19. The van der Waals surface area contributed by atoms with E-state index in [0.717, 1.165) is 31.8 Å². The van der Waals surface area contributed by atoms with Gasteiger partial charge in [0.25, 0.3) is 5.91 Å². The van der Waals surface area contributed by atoms with Crippen LogP contribution in [0.5, 0.6) is 11.5 Å². The molecule has 1 fully saturated rings. The maximum atomic E-state index is 12.6. The number of nitrogens with zero attached hydrogens (tertiary/aromatic N) is 1. The first-order valence-electron chi connectivity index (χ1n) is 11.3. The molecule has 1 aliphatic rings. The van der Waals surface area contributed by atoms with Gasteiger partial charge < -0.3 is 14.8 Å². The van der Waals surface area contributed by atoms with E-state index in [0.29, 0.717) is 31.1 Å². The first-order valence-corrected chi connectivity index (χ1v) is 11.3. The van der Waals surface area contributed by atoms with Gasteiger partial charge in [-0.2, -0.15) is 13.2 Å². The maximum absolute atomic E-state index is 12.6. The number of nitrogens with one attached hydrogen (secondary N) is 1. The van der Waals surface area contributed by atoms with Crippen LogP contribution in [-0.4, -0.2) is 44.2 Å². The number of ether oxygens (including phenoxy) is 2. The smallest absolute Gasteiger partial charge is 0.416 e. The molecule has 0 saturated carbocycles. The van der Waals surface area contributed by atoms with Crippen LogP contribution in [0.2, 0.25) is 0 Å². The molecule has 1 aliphatic heterocycles. The predicted molar refractivity (Wildman–Crippen MR) is 121 cm³/mol. The summed E-state index contributed by atoms with van der Waals surface area (Å²) >= 11 is 0. The van der Waals surface area contributed by atoms with E-state index in [2.05, 4.69) is 16.3 Å². The number of benzene rings is 2. The fourth-order valence-electron chi connectivity index (χ4n) is 3.85. The minimum atomic E-state index is -4.42. The van der Waals surface area contributed by atoms with Crippen LogP contribution in [0.25, 0.3) is 0 Å². The Labute approximate surface area is 192 Å². The van der Waals surface area contributed by atoms with Crippen molar-refractivity contribution < 1.29 is 27.4 Å². The highest BCUT2D eigenvalue weighted by atomic mass is 19.4. The van der Waals surface area contributed by atoms with Crippen molar-refractivity contribution in [2.75, 3.05) is 33.4 Å². The molecule has 0 atom stereocenters. The Morgan fingerprint density at radius 1 is 1.00 bits per heavy atom. The van der Waals surface area contributed by atoms with Crippen LogP contribution in [0.3, 0.4) is 0 Å². The van der Waals surface area contributed by atoms with Gasteiger partial charge in [-0.25, -0.2) is 0 Å². The molecule has 0 radical (unpaired) electrons. The van der Waals surface area contributed by atoms with Crippen LogP contribution in [0.4, 0.5) is 13.2 Å². The highest BCUT2D eigenvalue weighted by Crippen LogP contribution is 2.30. The molecule has 180 valence electrons. The molecule has 1 N–H and O–H groups in total. The van der Waals surface area contributed by atoms with Gasteiger partial charge in [0.05, 0.1) is 19.3 Å². The Morgan fingerprint density at radius 3 is 2.33 bits per heavy atom. The lowest BCUT2D eigenvalue weighted by Crippen LogP contribution is -2.25. The molecule has 1 saturated heterocycles. The standard InChI is InChI=1S/C25H31F3N2O3/c1-32-22-12-7-19(18-30-14-4-2-3-5-15-30)17-23(22)33-16-6-13-29-24(31)20-8-10-21(11-9-20)25(26,27)28/h7-12,17H,2-6,13-16,18H2,1H3,(H,29,31). The lowest BCUT2D eigenvalue weighted by Gasteiger charge is -2.20. The number of hydrogen-bond donors (Lipinski definition) is 1. The Morgan fingerprint density at radius 2 is 1.70 bits per heavy atom. The van der Waals surface area contributed by atoms with Crippen molar-refractivity contribution in [3.8, 4) is 11.5 Å². The highest BCUT2D eigenvalue weighted by Gasteiger charge is 2.30. The summed E-state index contributed by atoms with van der Waals surface area (Å²) in [6.45, 7) is 3.82. The molecular formula is C25H31F3N2O3. The third kappa shape index (κ3) is 7.67. The van der Waals surface area contributed by atoms with Crippen LogP contribution in [0, 0.1) is 0 Å². The molecule has 5 nitrogen and oxygen atoms in total. The molecule has 0 aliphatic carbocycles. The summed E-state index contributed by atoms with van der Waals surface area (Å²) < 4.78 is 49.2. The Kier molecular flexibility index (Phi) is 9.00. The number of likely N-dealkylation sites (tertiary alicyclic amines) is 1. The second kappa shape index (κ2) is 11.9. The van der Waals surface area contributed by atoms with E-state index in [9.17, 15) is 18.0 Å². The molecule has 0 aromatic heterocycles. The molecular weight excluding hydrogens is 433 g/mol. The molecule has 3 rings (SSSR count). The second-order valence-corrected chi connectivity index (χ2v) is 8.21. The number of alkyl halides is 3. The van der Waals surface area contributed by atoms with Crippen molar-refractivity contribution in [1.82, 2.24) is 10.2 Å². The van der Waals surface area contributed by atoms with Crippen molar-refractivity contribution in [3.63, 3.8) is 0 Å². The zero-order chi connectivity index (χ0) is 23.7. The number of carbonyl (C=O) groups is 1. The molecule has 0 bridgehead atoms. The molecule has 8 heteroatoms.